The summed E-state index contributed by atoms with van der Waals surface area (Å²) in [6.45, 7) is 5.67. The van der Waals surface area contributed by atoms with E-state index in [1.807, 2.05) is 0 Å². The van der Waals surface area contributed by atoms with Crippen LogP contribution < -0.4 is 0 Å². The minimum absolute atomic E-state index is 0.594. The van der Waals surface area contributed by atoms with Gasteiger partial charge in [0.25, 0.3) is 0 Å². The molecule has 0 spiro atoms. The molecule has 1 fully saturated rings. The number of rotatable bonds is 4. The third kappa shape index (κ3) is 2.48. The Kier molecular flexibility index (Phi) is 3.57. The van der Waals surface area contributed by atoms with Gasteiger partial charge in [-0.25, -0.2) is 0 Å². The Labute approximate surface area is 76.5 Å². The quantitative estimate of drug-likeness (QED) is 0.629. The maximum atomic E-state index is 5.14. The van der Waals surface area contributed by atoms with E-state index in [1.165, 1.54) is 32.1 Å². The molecule has 0 heterocycles. The van der Waals surface area contributed by atoms with Crippen LogP contribution in [0.4, 0.5) is 0 Å². The molecule has 2 unspecified atom stereocenters. The highest BCUT2D eigenvalue weighted by atomic mass is 16.5. The van der Waals surface area contributed by atoms with Crippen molar-refractivity contribution in [1.29, 1.82) is 0 Å². The molecule has 1 saturated carbocycles. The SMILES string of the molecule is CCC1CCC(C)(CCOC)C1. The summed E-state index contributed by atoms with van der Waals surface area (Å²) in [6.07, 6.45) is 6.89. The first kappa shape index (κ1) is 10.0. The fourth-order valence-electron chi connectivity index (χ4n) is 2.38. The standard InChI is InChI=1S/C11H22O/c1-4-10-5-6-11(2,9-10)7-8-12-3/h10H,4-9H2,1-3H3. The third-order valence-corrected chi connectivity index (χ3v) is 3.42. The molecule has 0 bridgehead atoms. The van der Waals surface area contributed by atoms with Gasteiger partial charge in [-0.05, 0) is 37.0 Å². The maximum Gasteiger partial charge on any atom is 0.0467 e. The Morgan fingerprint density at radius 1 is 1.50 bits per heavy atom. The molecular weight excluding hydrogens is 148 g/mol. The highest BCUT2D eigenvalue weighted by Crippen LogP contribution is 2.44. The average Bonchev–Trinajstić information content (AvgIpc) is 2.45. The molecule has 0 saturated heterocycles. The Bertz CT molecular complexity index is 133. The van der Waals surface area contributed by atoms with Crippen molar-refractivity contribution in [3.63, 3.8) is 0 Å². The molecular formula is C11H22O. The molecule has 1 rings (SSSR count). The van der Waals surface area contributed by atoms with Crippen molar-refractivity contribution in [2.75, 3.05) is 13.7 Å². The van der Waals surface area contributed by atoms with Gasteiger partial charge in [-0.3, -0.25) is 0 Å². The largest absolute Gasteiger partial charge is 0.385 e. The van der Waals surface area contributed by atoms with Gasteiger partial charge in [0, 0.05) is 13.7 Å². The number of methoxy groups -OCH3 is 1. The molecule has 0 aromatic rings. The van der Waals surface area contributed by atoms with Crippen LogP contribution in [0.15, 0.2) is 0 Å². The van der Waals surface area contributed by atoms with Gasteiger partial charge < -0.3 is 4.74 Å². The summed E-state index contributed by atoms with van der Waals surface area (Å²) in [5.41, 5.74) is 0.594. The van der Waals surface area contributed by atoms with E-state index in [4.69, 9.17) is 4.74 Å². The lowest BCUT2D eigenvalue weighted by Gasteiger charge is -2.23. The van der Waals surface area contributed by atoms with Gasteiger partial charge in [0.1, 0.15) is 0 Å². The van der Waals surface area contributed by atoms with Crippen LogP contribution in [0.1, 0.15) is 46.0 Å². The lowest BCUT2D eigenvalue weighted by molar-refractivity contribution is 0.144. The molecule has 72 valence electrons. The zero-order valence-electron chi connectivity index (χ0n) is 8.73. The molecule has 2 atom stereocenters. The van der Waals surface area contributed by atoms with Crippen LogP contribution in [0.2, 0.25) is 0 Å². The van der Waals surface area contributed by atoms with Crippen LogP contribution in [0.5, 0.6) is 0 Å². The lowest BCUT2D eigenvalue weighted by Crippen LogP contribution is -2.14. The zero-order chi connectivity index (χ0) is 9.03. The monoisotopic (exact) mass is 170 g/mol. The molecule has 12 heavy (non-hydrogen) atoms. The predicted molar refractivity (Wildman–Crippen MR) is 52.2 cm³/mol. The van der Waals surface area contributed by atoms with Gasteiger partial charge in [0.2, 0.25) is 0 Å². The number of hydrogen-bond acceptors (Lipinski definition) is 1. The molecule has 0 aromatic carbocycles. The molecule has 1 nitrogen and oxygen atoms in total. The van der Waals surface area contributed by atoms with E-state index in [-0.39, 0.29) is 0 Å². The molecule has 0 aromatic heterocycles. The van der Waals surface area contributed by atoms with E-state index in [0.29, 0.717) is 5.41 Å². The number of hydrogen-bond donors (Lipinski definition) is 0. The van der Waals surface area contributed by atoms with Crippen molar-refractivity contribution in [2.45, 2.75) is 46.0 Å². The summed E-state index contributed by atoms with van der Waals surface area (Å²) in [5.74, 6) is 0.992. The zero-order valence-corrected chi connectivity index (χ0v) is 8.73. The minimum Gasteiger partial charge on any atom is -0.385 e. The summed E-state index contributed by atoms with van der Waals surface area (Å²) >= 11 is 0. The van der Waals surface area contributed by atoms with Gasteiger partial charge >= 0.3 is 0 Å². The van der Waals surface area contributed by atoms with Crippen LogP contribution in [0.3, 0.4) is 0 Å². The summed E-state index contributed by atoms with van der Waals surface area (Å²) in [5, 5.41) is 0. The van der Waals surface area contributed by atoms with Crippen LogP contribution in [-0.4, -0.2) is 13.7 Å². The summed E-state index contributed by atoms with van der Waals surface area (Å²) in [4.78, 5) is 0. The average molecular weight is 170 g/mol. The predicted octanol–water partition coefficient (Wildman–Crippen LogP) is 3.24. The smallest absolute Gasteiger partial charge is 0.0467 e. The Hall–Kier alpha value is -0.0400. The van der Waals surface area contributed by atoms with E-state index in [0.717, 1.165) is 12.5 Å². The molecule has 0 radical (unpaired) electrons. The van der Waals surface area contributed by atoms with Crippen molar-refractivity contribution in [3.05, 3.63) is 0 Å². The second kappa shape index (κ2) is 4.27. The lowest BCUT2D eigenvalue weighted by atomic mass is 9.84. The molecule has 1 aliphatic carbocycles. The maximum absolute atomic E-state index is 5.14. The fourth-order valence-corrected chi connectivity index (χ4v) is 2.38. The van der Waals surface area contributed by atoms with Crippen molar-refractivity contribution < 1.29 is 4.74 Å². The van der Waals surface area contributed by atoms with Crippen molar-refractivity contribution in [3.8, 4) is 0 Å². The first-order valence-corrected chi connectivity index (χ1v) is 5.19. The first-order chi connectivity index (χ1) is 5.70. The third-order valence-electron chi connectivity index (χ3n) is 3.42. The van der Waals surface area contributed by atoms with Crippen molar-refractivity contribution in [1.82, 2.24) is 0 Å². The first-order valence-electron chi connectivity index (χ1n) is 5.19. The highest BCUT2D eigenvalue weighted by Gasteiger charge is 2.33. The molecule has 0 amide bonds. The van der Waals surface area contributed by atoms with Gasteiger partial charge in [0.05, 0.1) is 0 Å². The van der Waals surface area contributed by atoms with Crippen molar-refractivity contribution in [2.24, 2.45) is 11.3 Å². The fraction of sp³-hybridized carbons (Fsp3) is 1.00. The van der Waals surface area contributed by atoms with E-state index in [1.54, 1.807) is 7.11 Å². The van der Waals surface area contributed by atoms with E-state index < -0.39 is 0 Å². The number of ether oxygens (including phenoxy) is 1. The van der Waals surface area contributed by atoms with E-state index in [9.17, 15) is 0 Å². The van der Waals surface area contributed by atoms with Gasteiger partial charge in [-0.1, -0.05) is 20.3 Å². The topological polar surface area (TPSA) is 9.23 Å². The van der Waals surface area contributed by atoms with Gasteiger partial charge in [0.15, 0.2) is 0 Å². The molecule has 0 N–H and O–H groups in total. The van der Waals surface area contributed by atoms with Gasteiger partial charge in [-0.15, -0.1) is 0 Å². The van der Waals surface area contributed by atoms with Crippen LogP contribution in [-0.2, 0) is 4.74 Å². The molecule has 1 heteroatoms. The van der Waals surface area contributed by atoms with Crippen molar-refractivity contribution >= 4 is 0 Å². The van der Waals surface area contributed by atoms with Gasteiger partial charge in [-0.2, -0.15) is 0 Å². The Balaban J connectivity index is 2.31. The Morgan fingerprint density at radius 2 is 2.25 bits per heavy atom. The normalized spacial score (nSPS) is 35.8. The molecule has 1 aliphatic rings. The van der Waals surface area contributed by atoms with Crippen LogP contribution >= 0.6 is 0 Å². The summed E-state index contributed by atoms with van der Waals surface area (Å²) in [7, 11) is 1.80. The summed E-state index contributed by atoms with van der Waals surface area (Å²) in [6, 6.07) is 0. The molecule has 0 aliphatic heterocycles. The van der Waals surface area contributed by atoms with Crippen LogP contribution in [0, 0.1) is 11.3 Å². The van der Waals surface area contributed by atoms with Crippen LogP contribution in [0.25, 0.3) is 0 Å². The second-order valence-electron chi connectivity index (χ2n) is 4.57. The van der Waals surface area contributed by atoms with E-state index >= 15 is 0 Å². The summed E-state index contributed by atoms with van der Waals surface area (Å²) < 4.78 is 5.14. The highest BCUT2D eigenvalue weighted by molar-refractivity contribution is 4.84. The van der Waals surface area contributed by atoms with E-state index in [2.05, 4.69) is 13.8 Å². The Morgan fingerprint density at radius 3 is 2.75 bits per heavy atom. The minimum atomic E-state index is 0.594. The second-order valence-corrected chi connectivity index (χ2v) is 4.57.